The molecule has 0 aromatic carbocycles. The summed E-state index contributed by atoms with van der Waals surface area (Å²) < 4.78 is 0. The zero-order valence-corrected chi connectivity index (χ0v) is 15.4. The second-order valence-electron chi connectivity index (χ2n) is 5.05. The van der Waals surface area contributed by atoms with Crippen LogP contribution in [0.25, 0.3) is 19.5 Å². The van der Waals surface area contributed by atoms with Gasteiger partial charge in [-0.2, -0.15) is 0 Å². The molecule has 3 aromatic heterocycles. The summed E-state index contributed by atoms with van der Waals surface area (Å²) in [5.41, 5.74) is 0. The van der Waals surface area contributed by atoms with Gasteiger partial charge in [-0.05, 0) is 36.4 Å². The third-order valence-corrected chi connectivity index (χ3v) is 7.22. The van der Waals surface area contributed by atoms with Crippen molar-refractivity contribution in [3.05, 3.63) is 46.2 Å². The number of hydrogen-bond donors (Lipinski definition) is 0. The maximum absolute atomic E-state index is 11.8. The lowest BCUT2D eigenvalue weighted by Gasteiger charge is -1.92. The molecular formula is C18H16O2S3. The molecule has 3 heterocycles. The molecule has 0 unspecified atom stereocenters. The number of thiophene rings is 3. The van der Waals surface area contributed by atoms with Gasteiger partial charge >= 0.3 is 0 Å². The van der Waals surface area contributed by atoms with Crippen LogP contribution < -0.4 is 0 Å². The molecule has 3 aromatic rings. The second kappa shape index (κ2) is 6.91. The third kappa shape index (κ3) is 3.37. The van der Waals surface area contributed by atoms with E-state index in [4.69, 9.17) is 0 Å². The van der Waals surface area contributed by atoms with Crippen LogP contribution in [0.3, 0.4) is 0 Å². The van der Waals surface area contributed by atoms with Crippen molar-refractivity contribution < 1.29 is 9.59 Å². The van der Waals surface area contributed by atoms with E-state index in [1.807, 2.05) is 38.1 Å². The highest BCUT2D eigenvalue weighted by Crippen LogP contribution is 2.40. The zero-order valence-electron chi connectivity index (χ0n) is 12.9. The molecule has 3 rings (SSSR count). The number of hydrogen-bond acceptors (Lipinski definition) is 5. The van der Waals surface area contributed by atoms with Crippen molar-refractivity contribution in [3.63, 3.8) is 0 Å². The van der Waals surface area contributed by atoms with Crippen LogP contribution >= 0.6 is 34.0 Å². The van der Waals surface area contributed by atoms with E-state index in [1.54, 1.807) is 34.0 Å². The maximum Gasteiger partial charge on any atom is 0.172 e. The van der Waals surface area contributed by atoms with Crippen LogP contribution in [0.5, 0.6) is 0 Å². The molecule has 0 spiro atoms. The molecule has 0 amide bonds. The molecule has 0 saturated heterocycles. The minimum Gasteiger partial charge on any atom is -0.293 e. The minimum atomic E-state index is 0.194. The molecule has 0 saturated carbocycles. The Bertz CT molecular complexity index is 782. The number of Topliss-reactive ketones (excluding diaryl/α,β-unsaturated/α-hetero) is 2. The summed E-state index contributed by atoms with van der Waals surface area (Å²) in [4.78, 5) is 29.8. The summed E-state index contributed by atoms with van der Waals surface area (Å²) in [7, 11) is 0. The molecule has 0 bridgehead atoms. The average molecular weight is 361 g/mol. The van der Waals surface area contributed by atoms with Crippen LogP contribution in [0, 0.1) is 0 Å². The van der Waals surface area contributed by atoms with Gasteiger partial charge in [-0.25, -0.2) is 0 Å². The molecule has 2 nitrogen and oxygen atoms in total. The molecule has 0 fully saturated rings. The highest BCUT2D eigenvalue weighted by atomic mass is 32.1. The Labute approximate surface area is 147 Å². The average Bonchev–Trinajstić information content (AvgIpc) is 3.31. The second-order valence-corrected chi connectivity index (χ2v) is 8.30. The first-order valence-electron chi connectivity index (χ1n) is 7.49. The lowest BCUT2D eigenvalue weighted by Crippen LogP contribution is -1.90. The quantitative estimate of drug-likeness (QED) is 0.477. The Morgan fingerprint density at radius 2 is 1.00 bits per heavy atom. The van der Waals surface area contributed by atoms with Gasteiger partial charge in [0.25, 0.3) is 0 Å². The van der Waals surface area contributed by atoms with Gasteiger partial charge in [0.15, 0.2) is 11.6 Å². The Morgan fingerprint density at radius 1 is 0.652 bits per heavy atom. The number of ketones is 2. The van der Waals surface area contributed by atoms with Gasteiger partial charge in [0, 0.05) is 32.4 Å². The van der Waals surface area contributed by atoms with Crippen molar-refractivity contribution >= 4 is 45.6 Å². The van der Waals surface area contributed by atoms with Gasteiger partial charge < -0.3 is 0 Å². The van der Waals surface area contributed by atoms with Crippen LogP contribution in [-0.2, 0) is 0 Å². The summed E-state index contributed by atoms with van der Waals surface area (Å²) in [6.45, 7) is 3.77. The van der Waals surface area contributed by atoms with E-state index in [-0.39, 0.29) is 11.6 Å². The fourth-order valence-corrected chi connectivity index (χ4v) is 5.41. The van der Waals surface area contributed by atoms with E-state index in [9.17, 15) is 9.59 Å². The predicted octanol–water partition coefficient (Wildman–Crippen LogP) is 6.39. The van der Waals surface area contributed by atoms with Gasteiger partial charge in [0.05, 0.1) is 9.75 Å². The summed E-state index contributed by atoms with van der Waals surface area (Å²) in [6, 6.07) is 12.0. The molecular weight excluding hydrogens is 344 g/mol. The standard InChI is InChI=1S/C18H16O2S3/c1-3-11(19)13-5-7-15(21-13)17-9-10-18(23-17)16-8-6-14(22-16)12(20)4-2/h5-10H,3-4H2,1-2H3. The molecule has 5 heteroatoms. The van der Waals surface area contributed by atoms with Crippen molar-refractivity contribution in [3.8, 4) is 19.5 Å². The van der Waals surface area contributed by atoms with Crippen LogP contribution in [0.2, 0.25) is 0 Å². The first kappa shape index (κ1) is 16.3. The molecule has 23 heavy (non-hydrogen) atoms. The van der Waals surface area contributed by atoms with Gasteiger partial charge in [-0.15, -0.1) is 34.0 Å². The van der Waals surface area contributed by atoms with Crippen molar-refractivity contribution in [2.75, 3.05) is 0 Å². The Hall–Kier alpha value is -1.56. The smallest absolute Gasteiger partial charge is 0.172 e. The highest BCUT2D eigenvalue weighted by Gasteiger charge is 2.13. The first-order valence-corrected chi connectivity index (χ1v) is 9.94. The van der Waals surface area contributed by atoms with Gasteiger partial charge in [0.2, 0.25) is 0 Å². The monoisotopic (exact) mass is 360 g/mol. The molecule has 0 N–H and O–H groups in total. The first-order chi connectivity index (χ1) is 11.1. The Kier molecular flexibility index (Phi) is 4.90. The molecule has 0 aliphatic rings. The molecule has 118 valence electrons. The fourth-order valence-electron chi connectivity index (χ4n) is 2.19. The number of rotatable bonds is 6. The van der Waals surface area contributed by atoms with Crippen LogP contribution in [0.4, 0.5) is 0 Å². The Morgan fingerprint density at radius 3 is 1.39 bits per heavy atom. The van der Waals surface area contributed by atoms with E-state index in [0.29, 0.717) is 12.8 Å². The lowest BCUT2D eigenvalue weighted by molar-refractivity contribution is 0.0984. The third-order valence-electron chi connectivity index (χ3n) is 3.50. The SMILES string of the molecule is CCC(=O)c1ccc(-c2ccc(-c3ccc(C(=O)CC)s3)s2)s1. The summed E-state index contributed by atoms with van der Waals surface area (Å²) in [5, 5.41) is 0. The maximum atomic E-state index is 11.8. The van der Waals surface area contributed by atoms with Crippen molar-refractivity contribution in [2.24, 2.45) is 0 Å². The number of carbonyl (C=O) groups is 2. The highest BCUT2D eigenvalue weighted by molar-refractivity contribution is 7.27. The van der Waals surface area contributed by atoms with Gasteiger partial charge in [-0.1, -0.05) is 13.8 Å². The topological polar surface area (TPSA) is 34.1 Å². The molecule has 0 aliphatic heterocycles. The van der Waals surface area contributed by atoms with Crippen molar-refractivity contribution in [2.45, 2.75) is 26.7 Å². The minimum absolute atomic E-state index is 0.194. The normalized spacial score (nSPS) is 10.9. The predicted molar refractivity (Wildman–Crippen MR) is 100 cm³/mol. The van der Waals surface area contributed by atoms with E-state index in [2.05, 4.69) is 12.1 Å². The number of carbonyl (C=O) groups excluding carboxylic acids is 2. The Balaban J connectivity index is 1.85. The van der Waals surface area contributed by atoms with E-state index >= 15 is 0 Å². The summed E-state index contributed by atoms with van der Waals surface area (Å²) in [6.07, 6.45) is 1.08. The van der Waals surface area contributed by atoms with E-state index in [1.165, 1.54) is 0 Å². The summed E-state index contributed by atoms with van der Waals surface area (Å²) >= 11 is 4.80. The zero-order chi connectivity index (χ0) is 16.4. The van der Waals surface area contributed by atoms with E-state index in [0.717, 1.165) is 29.3 Å². The van der Waals surface area contributed by atoms with E-state index < -0.39 is 0 Å². The fraction of sp³-hybridized carbons (Fsp3) is 0.222. The van der Waals surface area contributed by atoms with Crippen LogP contribution in [-0.4, -0.2) is 11.6 Å². The largest absolute Gasteiger partial charge is 0.293 e. The van der Waals surface area contributed by atoms with Crippen LogP contribution in [0.1, 0.15) is 46.0 Å². The van der Waals surface area contributed by atoms with Crippen LogP contribution in [0.15, 0.2) is 36.4 Å². The van der Waals surface area contributed by atoms with Crippen molar-refractivity contribution in [1.29, 1.82) is 0 Å². The molecule has 0 aliphatic carbocycles. The van der Waals surface area contributed by atoms with Gasteiger partial charge in [-0.3, -0.25) is 9.59 Å². The molecule has 0 atom stereocenters. The van der Waals surface area contributed by atoms with Gasteiger partial charge in [0.1, 0.15) is 0 Å². The molecule has 0 radical (unpaired) electrons. The summed E-state index contributed by atoms with van der Waals surface area (Å²) in [5.74, 6) is 0.387. The lowest BCUT2D eigenvalue weighted by atomic mass is 10.2. The van der Waals surface area contributed by atoms with Crippen molar-refractivity contribution in [1.82, 2.24) is 0 Å².